The Morgan fingerprint density at radius 1 is 0.421 bits per heavy atom. The summed E-state index contributed by atoms with van der Waals surface area (Å²) >= 11 is -11.2. The molecule has 12 heteroatoms. The average Bonchev–Trinajstić information content (AvgIpc) is 2.50. The van der Waals surface area contributed by atoms with Crippen molar-refractivity contribution in [2.24, 2.45) is 0 Å². The number of nitrogens with zero attached hydrogens (tertiary/aromatic N) is 6. The fourth-order valence-corrected chi connectivity index (χ4v) is 97.9. The molecule has 3 heterocycles. The standard InChI is InChI=1S/C26H60N6O2Te4/c1-21(2,3)27(19)35-29(23(7,8)9)37(30(35)24(10,11)12)33-38(34-37)31(25(13,14)15)36(28(20)22(4,5)6)32(38)26(16,17)18/h1-20H3/q+2. The predicted molar refractivity (Wildman–Crippen MR) is 167 cm³/mol. The fourth-order valence-electron chi connectivity index (χ4n) is 4.32. The molecule has 0 radical (unpaired) electrons. The Bertz CT molecular complexity index is 784. The van der Waals surface area contributed by atoms with Gasteiger partial charge in [-0.2, -0.15) is 0 Å². The summed E-state index contributed by atoms with van der Waals surface area (Å²) in [7, 11) is 4.68. The van der Waals surface area contributed by atoms with E-state index in [0.717, 1.165) is 0 Å². The third-order valence-corrected chi connectivity index (χ3v) is 73.2. The third-order valence-electron chi connectivity index (χ3n) is 6.36. The number of rotatable bonds is 2. The van der Waals surface area contributed by atoms with Crippen molar-refractivity contribution < 1.29 is 2.93 Å². The maximum absolute atomic E-state index is 7.82. The van der Waals surface area contributed by atoms with Crippen LogP contribution in [0.5, 0.6) is 0 Å². The van der Waals surface area contributed by atoms with Crippen LogP contribution in [0, 0.1) is 0 Å². The molecular formula is C26H60N6O2Te4+2. The molecule has 0 aromatic heterocycles. The average molecular weight is 999 g/mol. The molecule has 38 heavy (non-hydrogen) atoms. The van der Waals surface area contributed by atoms with Gasteiger partial charge in [0.15, 0.2) is 0 Å². The summed E-state index contributed by atoms with van der Waals surface area (Å²) < 4.78 is 32.4. The van der Waals surface area contributed by atoms with Gasteiger partial charge in [0.25, 0.3) is 0 Å². The summed E-state index contributed by atoms with van der Waals surface area (Å²) in [6.07, 6.45) is 0. The third kappa shape index (κ3) is 5.69. The molecule has 3 aliphatic heterocycles. The Hall–Kier alpha value is 2.84. The van der Waals surface area contributed by atoms with Crippen LogP contribution in [0.1, 0.15) is 125 Å². The van der Waals surface area contributed by atoms with Gasteiger partial charge < -0.3 is 0 Å². The molecule has 2 spiro atoms. The zero-order valence-corrected chi connectivity index (χ0v) is 37.5. The molecule has 228 valence electrons. The molecule has 0 N–H and O–H groups in total. The van der Waals surface area contributed by atoms with Gasteiger partial charge in [-0.05, 0) is 0 Å². The van der Waals surface area contributed by atoms with Crippen LogP contribution in [0.25, 0.3) is 0 Å². The van der Waals surface area contributed by atoms with Crippen molar-refractivity contribution in [2.75, 3.05) is 14.1 Å². The van der Waals surface area contributed by atoms with E-state index in [1.165, 1.54) is 0 Å². The van der Waals surface area contributed by atoms with E-state index in [9.17, 15) is 0 Å². The zero-order valence-electron chi connectivity index (χ0n) is 28.1. The molecule has 0 bridgehead atoms. The van der Waals surface area contributed by atoms with Gasteiger partial charge in [0.1, 0.15) is 0 Å². The van der Waals surface area contributed by atoms with E-state index in [2.05, 4.69) is 151 Å². The molecule has 0 saturated carbocycles. The van der Waals surface area contributed by atoms with Crippen LogP contribution in [-0.4, -0.2) is 139 Å². The zero-order chi connectivity index (χ0) is 30.0. The van der Waals surface area contributed by atoms with Gasteiger partial charge in [0.2, 0.25) is 0 Å². The van der Waals surface area contributed by atoms with Crippen molar-refractivity contribution in [1.82, 2.24) is 11.9 Å². The van der Waals surface area contributed by atoms with Gasteiger partial charge in [-0.15, -0.1) is 0 Å². The first-order chi connectivity index (χ1) is 16.5. The fraction of sp³-hybridized carbons (Fsp3) is 1.00. The first-order valence-corrected chi connectivity index (χ1v) is 28.0. The monoisotopic (exact) mass is 1010 g/mol. The Morgan fingerprint density at radius 2 is 0.605 bits per heavy atom. The Kier molecular flexibility index (Phi) is 9.46. The van der Waals surface area contributed by atoms with Crippen molar-refractivity contribution >= 4 is 79.8 Å². The normalized spacial score (nSPS) is 27.1. The summed E-state index contributed by atoms with van der Waals surface area (Å²) in [4.78, 5) is 0. The van der Waals surface area contributed by atoms with Gasteiger partial charge in [-0.3, -0.25) is 0 Å². The quantitative estimate of drug-likeness (QED) is 0.368. The van der Waals surface area contributed by atoms with E-state index in [0.29, 0.717) is 0 Å². The van der Waals surface area contributed by atoms with Crippen molar-refractivity contribution in [3.8, 4) is 0 Å². The van der Waals surface area contributed by atoms with Gasteiger partial charge in [0.05, 0.1) is 0 Å². The SMILES string of the molecule is CN([Te+]1N(C(C)(C)C)[Te]2(O[Te]3(O2)N(C(C)(C)C)[Te+](N(C)C(C)(C)C)N3C(C)(C)C)N1C(C)(C)C)C(C)(C)C. The molecule has 3 fully saturated rings. The van der Waals surface area contributed by atoms with Crippen LogP contribution >= 0.6 is 0 Å². The van der Waals surface area contributed by atoms with Crippen molar-refractivity contribution in [3.63, 3.8) is 0 Å². The first-order valence-electron chi connectivity index (χ1n) is 13.7. The summed E-state index contributed by atoms with van der Waals surface area (Å²) in [6.45, 7) is 42.7. The summed E-state index contributed by atoms with van der Waals surface area (Å²) in [5.74, 6) is 0. The Balaban J connectivity index is 2.17. The molecule has 0 aromatic rings. The number of hydrogen-bond acceptors (Lipinski definition) is 8. The van der Waals surface area contributed by atoms with Crippen LogP contribution in [0.15, 0.2) is 0 Å². The topological polar surface area (TPSA) is 37.9 Å². The van der Waals surface area contributed by atoms with Crippen molar-refractivity contribution in [3.05, 3.63) is 0 Å². The van der Waals surface area contributed by atoms with E-state index in [1.807, 2.05) is 0 Å². The van der Waals surface area contributed by atoms with Gasteiger partial charge >= 0.3 is 267 Å². The molecule has 0 atom stereocenters. The second-order valence-electron chi connectivity index (χ2n) is 16.6. The van der Waals surface area contributed by atoms with E-state index < -0.39 is 79.8 Å². The molecule has 8 nitrogen and oxygen atoms in total. The van der Waals surface area contributed by atoms with E-state index in [-0.39, 0.29) is 33.2 Å². The van der Waals surface area contributed by atoms with Crippen LogP contribution in [0.4, 0.5) is 0 Å². The molecule has 3 rings (SSSR count). The van der Waals surface area contributed by atoms with E-state index in [4.69, 9.17) is 2.93 Å². The Morgan fingerprint density at radius 3 is 0.737 bits per heavy atom. The molecule has 3 saturated heterocycles. The Labute approximate surface area is 263 Å². The van der Waals surface area contributed by atoms with E-state index >= 15 is 0 Å². The van der Waals surface area contributed by atoms with Crippen LogP contribution in [-0.2, 0) is 2.93 Å². The van der Waals surface area contributed by atoms with Crippen LogP contribution in [0.2, 0.25) is 0 Å². The second kappa shape index (κ2) is 10.2. The van der Waals surface area contributed by atoms with Crippen molar-refractivity contribution in [2.45, 2.75) is 158 Å². The number of hydrogen-bond donors (Lipinski definition) is 0. The van der Waals surface area contributed by atoms with Gasteiger partial charge in [0, 0.05) is 0 Å². The van der Waals surface area contributed by atoms with Crippen molar-refractivity contribution in [1.29, 1.82) is 0 Å². The first kappa shape index (κ1) is 35.3. The summed E-state index contributed by atoms with van der Waals surface area (Å²) in [5, 5.41) is 0. The predicted octanol–water partition coefficient (Wildman–Crippen LogP) is 4.76. The molecular weight excluding hydrogens is 939 g/mol. The summed E-state index contributed by atoms with van der Waals surface area (Å²) in [5.41, 5.74) is 0.221. The maximum atomic E-state index is 7.82. The molecule has 3 aliphatic rings. The molecule has 0 unspecified atom stereocenters. The second-order valence-corrected chi connectivity index (χ2v) is 50.9. The molecule has 0 aromatic carbocycles. The minimum atomic E-state index is -3.50. The van der Waals surface area contributed by atoms with Gasteiger partial charge in [-0.1, -0.05) is 0 Å². The molecule has 0 amide bonds. The summed E-state index contributed by atoms with van der Waals surface area (Å²) in [6, 6.07) is 0. The van der Waals surface area contributed by atoms with Gasteiger partial charge in [-0.25, -0.2) is 0 Å². The van der Waals surface area contributed by atoms with Crippen LogP contribution in [0.3, 0.4) is 0 Å². The van der Waals surface area contributed by atoms with Crippen LogP contribution < -0.4 is 0 Å². The minimum absolute atomic E-state index is 0.00786. The van der Waals surface area contributed by atoms with E-state index in [1.54, 1.807) is 0 Å². The molecule has 0 aliphatic carbocycles.